The number of rotatable bonds is 6. The average Bonchev–Trinajstić information content (AvgIpc) is 2.83. The fourth-order valence-electron chi connectivity index (χ4n) is 1.62. The predicted octanol–water partition coefficient (Wildman–Crippen LogP) is 0.120. The van der Waals surface area contributed by atoms with Crippen molar-refractivity contribution < 1.29 is 8.42 Å². The molecule has 0 fully saturated rings. The minimum absolute atomic E-state index is 0.0192. The van der Waals surface area contributed by atoms with Crippen molar-refractivity contribution in [2.24, 2.45) is 7.05 Å². The van der Waals surface area contributed by atoms with Crippen molar-refractivity contribution in [2.75, 3.05) is 11.9 Å². The van der Waals surface area contributed by atoms with Crippen molar-refractivity contribution in [3.63, 3.8) is 0 Å². The molecule has 0 atom stereocenters. The van der Waals surface area contributed by atoms with Gasteiger partial charge in [0.2, 0.25) is 0 Å². The van der Waals surface area contributed by atoms with E-state index in [9.17, 15) is 8.42 Å². The van der Waals surface area contributed by atoms with E-state index in [1.165, 1.54) is 17.2 Å². The van der Waals surface area contributed by atoms with Gasteiger partial charge in [-0.15, -0.1) is 0 Å². The quantitative estimate of drug-likeness (QED) is 0.785. The molecule has 108 valence electrons. The van der Waals surface area contributed by atoms with Gasteiger partial charge in [0.25, 0.3) is 10.0 Å². The largest absolute Gasteiger partial charge is 0.383 e. The molecule has 20 heavy (non-hydrogen) atoms. The second kappa shape index (κ2) is 5.97. The van der Waals surface area contributed by atoms with Crippen LogP contribution in [0.4, 0.5) is 5.69 Å². The monoisotopic (exact) mass is 296 g/mol. The number of hydrogen-bond donors (Lipinski definition) is 2. The van der Waals surface area contributed by atoms with Crippen LogP contribution in [0.1, 0.15) is 12.7 Å². The minimum atomic E-state index is -3.71. The minimum Gasteiger partial charge on any atom is -0.383 e. The molecule has 2 N–H and O–H groups in total. The van der Waals surface area contributed by atoms with Crippen molar-refractivity contribution in [3.05, 3.63) is 30.5 Å². The number of pyridine rings is 1. The molecule has 8 nitrogen and oxygen atoms in total. The maximum atomic E-state index is 12.2. The van der Waals surface area contributed by atoms with Crippen molar-refractivity contribution in [3.8, 4) is 0 Å². The summed E-state index contributed by atoms with van der Waals surface area (Å²) in [4.78, 5) is 7.89. The Morgan fingerprint density at radius 2 is 2.15 bits per heavy atom. The summed E-state index contributed by atoms with van der Waals surface area (Å²) >= 11 is 0. The molecular weight excluding hydrogens is 280 g/mol. The van der Waals surface area contributed by atoms with Crippen LogP contribution in [0.2, 0.25) is 0 Å². The summed E-state index contributed by atoms with van der Waals surface area (Å²) in [5.41, 5.74) is 0.469. The molecule has 2 rings (SSSR count). The van der Waals surface area contributed by atoms with Gasteiger partial charge in [-0.3, -0.25) is 4.68 Å². The molecule has 2 heterocycles. The first-order chi connectivity index (χ1) is 9.53. The number of anilines is 1. The Morgan fingerprint density at radius 1 is 1.35 bits per heavy atom. The zero-order chi connectivity index (χ0) is 14.6. The average molecular weight is 296 g/mol. The second-order valence-electron chi connectivity index (χ2n) is 4.05. The number of hydrogen-bond acceptors (Lipinski definition) is 6. The molecule has 9 heteroatoms. The van der Waals surface area contributed by atoms with Gasteiger partial charge in [0, 0.05) is 19.8 Å². The Balaban J connectivity index is 2.18. The molecule has 0 aliphatic rings. The Hall–Kier alpha value is -2.00. The highest BCUT2D eigenvalue weighted by Gasteiger charge is 2.20. The highest BCUT2D eigenvalue weighted by atomic mass is 32.2. The van der Waals surface area contributed by atoms with Crippen LogP contribution in [0.15, 0.2) is 29.7 Å². The van der Waals surface area contributed by atoms with Crippen molar-refractivity contribution in [2.45, 2.75) is 18.5 Å². The van der Waals surface area contributed by atoms with Crippen LogP contribution in [0.3, 0.4) is 0 Å². The molecule has 0 aliphatic heterocycles. The van der Waals surface area contributed by atoms with Gasteiger partial charge in [-0.05, 0) is 19.1 Å². The fourth-order valence-corrected chi connectivity index (χ4v) is 2.71. The van der Waals surface area contributed by atoms with Gasteiger partial charge in [0.1, 0.15) is 6.33 Å². The van der Waals surface area contributed by atoms with E-state index in [1.807, 2.05) is 6.92 Å². The molecule has 0 aromatic carbocycles. The fraction of sp³-hybridized carbons (Fsp3) is 0.364. The number of aryl methyl sites for hydroxylation is 1. The first-order valence-corrected chi connectivity index (χ1v) is 7.54. The summed E-state index contributed by atoms with van der Waals surface area (Å²) in [5, 5.41) is 6.95. The van der Waals surface area contributed by atoms with Crippen LogP contribution in [-0.2, 0) is 23.6 Å². The Kier molecular flexibility index (Phi) is 4.30. The summed E-state index contributed by atoms with van der Waals surface area (Å²) in [6.45, 7) is 2.51. The first kappa shape index (κ1) is 14.4. The molecule has 0 amide bonds. The molecule has 2 aromatic heterocycles. The molecule has 0 spiro atoms. The molecule has 0 unspecified atom stereocenters. The van der Waals surface area contributed by atoms with Crippen LogP contribution in [-0.4, -0.2) is 34.7 Å². The van der Waals surface area contributed by atoms with Gasteiger partial charge >= 0.3 is 0 Å². The summed E-state index contributed by atoms with van der Waals surface area (Å²) in [6.07, 6.45) is 2.95. The molecule has 0 bridgehead atoms. The van der Waals surface area contributed by atoms with Crippen molar-refractivity contribution in [1.82, 2.24) is 24.5 Å². The summed E-state index contributed by atoms with van der Waals surface area (Å²) in [5.74, 6) is 0.400. The van der Waals surface area contributed by atoms with Gasteiger partial charge < -0.3 is 5.32 Å². The lowest BCUT2D eigenvalue weighted by molar-refractivity contribution is 0.575. The van der Waals surface area contributed by atoms with Crippen LogP contribution < -0.4 is 10.0 Å². The van der Waals surface area contributed by atoms with E-state index in [0.29, 0.717) is 18.1 Å². The van der Waals surface area contributed by atoms with E-state index in [0.717, 1.165) is 0 Å². The number of aromatic nitrogens is 4. The van der Waals surface area contributed by atoms with Crippen LogP contribution in [0.5, 0.6) is 0 Å². The summed E-state index contributed by atoms with van der Waals surface area (Å²) < 4.78 is 28.4. The third-order valence-corrected chi connectivity index (χ3v) is 3.82. The second-order valence-corrected chi connectivity index (χ2v) is 5.73. The molecular formula is C11H16N6O2S. The van der Waals surface area contributed by atoms with Crippen LogP contribution in [0, 0.1) is 0 Å². The topological polar surface area (TPSA) is 102 Å². The summed E-state index contributed by atoms with van der Waals surface area (Å²) in [7, 11) is -2.00. The highest BCUT2D eigenvalue weighted by Crippen LogP contribution is 2.17. The number of nitrogens with zero attached hydrogens (tertiary/aromatic N) is 4. The van der Waals surface area contributed by atoms with E-state index in [4.69, 9.17) is 0 Å². The van der Waals surface area contributed by atoms with E-state index >= 15 is 0 Å². The highest BCUT2D eigenvalue weighted by molar-refractivity contribution is 7.89. The zero-order valence-electron chi connectivity index (χ0n) is 11.2. The van der Waals surface area contributed by atoms with Gasteiger partial charge in [-0.25, -0.2) is 23.1 Å². The van der Waals surface area contributed by atoms with Gasteiger partial charge in [-0.2, -0.15) is 5.10 Å². The maximum Gasteiger partial charge on any atom is 0.260 e. The SMILES string of the molecule is CCNc1cccnc1S(=O)(=O)NCc1ncn(C)n1. The third kappa shape index (κ3) is 3.31. The Morgan fingerprint density at radius 3 is 2.80 bits per heavy atom. The van der Waals surface area contributed by atoms with Crippen molar-refractivity contribution >= 4 is 15.7 Å². The van der Waals surface area contributed by atoms with Crippen LogP contribution >= 0.6 is 0 Å². The molecule has 0 aliphatic carbocycles. The molecule has 0 radical (unpaired) electrons. The number of sulfonamides is 1. The normalized spacial score (nSPS) is 11.5. The van der Waals surface area contributed by atoms with Crippen molar-refractivity contribution in [1.29, 1.82) is 0 Å². The Labute approximate surface area is 117 Å². The lowest BCUT2D eigenvalue weighted by atomic mass is 10.4. The maximum absolute atomic E-state index is 12.2. The van der Waals surface area contributed by atoms with Gasteiger partial charge in [0.15, 0.2) is 10.9 Å². The standard InChI is InChI=1S/C11H16N6O2S/c1-3-12-9-5-4-6-13-11(9)20(18,19)15-7-10-14-8-17(2)16-10/h4-6,8,12,15H,3,7H2,1-2H3. The van der Waals surface area contributed by atoms with E-state index < -0.39 is 10.0 Å². The third-order valence-electron chi connectivity index (χ3n) is 2.46. The number of nitrogens with one attached hydrogen (secondary N) is 2. The zero-order valence-corrected chi connectivity index (χ0v) is 12.1. The van der Waals surface area contributed by atoms with Gasteiger partial charge in [-0.1, -0.05) is 0 Å². The predicted molar refractivity (Wildman–Crippen MR) is 73.4 cm³/mol. The molecule has 0 saturated heterocycles. The van der Waals surface area contributed by atoms with E-state index in [1.54, 1.807) is 19.2 Å². The van der Waals surface area contributed by atoms with Gasteiger partial charge in [0.05, 0.1) is 12.2 Å². The molecule has 2 aromatic rings. The molecule has 0 saturated carbocycles. The Bertz CT molecular complexity index is 682. The lowest BCUT2D eigenvalue weighted by Gasteiger charge is -2.10. The van der Waals surface area contributed by atoms with E-state index in [-0.39, 0.29) is 11.6 Å². The van der Waals surface area contributed by atoms with Crippen LogP contribution in [0.25, 0.3) is 0 Å². The van der Waals surface area contributed by atoms with E-state index in [2.05, 4.69) is 25.1 Å². The lowest BCUT2D eigenvalue weighted by Crippen LogP contribution is -2.25. The smallest absolute Gasteiger partial charge is 0.260 e. The summed E-state index contributed by atoms with van der Waals surface area (Å²) in [6, 6.07) is 3.35. The first-order valence-electron chi connectivity index (χ1n) is 6.06.